The first-order valence-corrected chi connectivity index (χ1v) is 14.2. The fourth-order valence-corrected chi connectivity index (χ4v) is 5.97. The van der Waals surface area contributed by atoms with Crippen LogP contribution in [0.4, 0.5) is 8.78 Å². The van der Waals surface area contributed by atoms with E-state index in [1.54, 1.807) is 6.07 Å². The summed E-state index contributed by atoms with van der Waals surface area (Å²) in [5.74, 6) is -3.97. The number of hydrogen-bond acceptors (Lipinski definition) is 6. The molecule has 1 unspecified atom stereocenters. The number of carbonyl (C=O) groups excluding carboxylic acids is 4. The molecule has 3 heterocycles. The summed E-state index contributed by atoms with van der Waals surface area (Å²) in [5, 5.41) is 8.45. The van der Waals surface area contributed by atoms with E-state index in [-0.39, 0.29) is 46.3 Å². The second-order valence-electron chi connectivity index (χ2n) is 10.6. The zero-order valence-electron chi connectivity index (χ0n) is 22.4. The van der Waals surface area contributed by atoms with Crippen LogP contribution in [0.2, 0.25) is 0 Å². The fraction of sp³-hybridized carbons (Fsp3) is 0.345. The Balaban J connectivity index is 1.38. The first-order chi connectivity index (χ1) is 19.6. The van der Waals surface area contributed by atoms with E-state index in [2.05, 4.69) is 25.9 Å². The number of para-hydroxylation sites is 1. The van der Waals surface area contributed by atoms with Crippen molar-refractivity contribution in [1.82, 2.24) is 25.9 Å². The summed E-state index contributed by atoms with van der Waals surface area (Å²) in [5.41, 5.74) is 0.716. The largest absolute Gasteiger partial charge is 0.356 e. The minimum absolute atomic E-state index is 0.0145. The summed E-state index contributed by atoms with van der Waals surface area (Å²) in [4.78, 5) is 59.8. The van der Waals surface area contributed by atoms with E-state index in [1.807, 2.05) is 32.0 Å². The normalized spacial score (nSPS) is 16.6. The molecule has 0 aliphatic carbocycles. The van der Waals surface area contributed by atoms with Crippen molar-refractivity contribution >= 4 is 56.0 Å². The molecule has 1 aliphatic rings. The Hall–Kier alpha value is -4.19. The number of nitrogens with zero attached hydrogens (tertiary/aromatic N) is 1. The van der Waals surface area contributed by atoms with Crippen LogP contribution in [0.3, 0.4) is 0 Å². The lowest BCUT2D eigenvalue weighted by atomic mass is 9.95. The smallest absolute Gasteiger partial charge is 0.268 e. The molecule has 5 rings (SSSR count). The number of benzene rings is 2. The number of carbonyl (C=O) groups is 4. The summed E-state index contributed by atoms with van der Waals surface area (Å²) in [6.45, 7) is 4.24. The lowest BCUT2D eigenvalue weighted by Crippen LogP contribution is -2.52. The Morgan fingerprint density at radius 2 is 1.88 bits per heavy atom. The van der Waals surface area contributed by atoms with Gasteiger partial charge in [0, 0.05) is 23.9 Å². The zero-order valence-corrected chi connectivity index (χ0v) is 23.2. The SMILES string of the molecule is CC(C)C[C@H](NC(=O)c1cc2c(F)cc(F)cc2[nH]1)C(=O)N[C@@H](CC1CCNC1=O)C(=O)c1nc2ccccc2s1. The Morgan fingerprint density at radius 1 is 1.10 bits per heavy atom. The van der Waals surface area contributed by atoms with E-state index in [9.17, 15) is 28.0 Å². The van der Waals surface area contributed by atoms with Gasteiger partial charge in [-0.25, -0.2) is 13.8 Å². The van der Waals surface area contributed by atoms with E-state index < -0.39 is 47.2 Å². The molecule has 4 aromatic rings. The van der Waals surface area contributed by atoms with Gasteiger partial charge in [-0.05, 0) is 49.4 Å². The number of amides is 3. The molecule has 4 N–H and O–H groups in total. The van der Waals surface area contributed by atoms with Gasteiger partial charge in [-0.2, -0.15) is 0 Å². The maximum atomic E-state index is 14.2. The molecular weight excluding hydrogens is 552 g/mol. The van der Waals surface area contributed by atoms with Gasteiger partial charge in [0.15, 0.2) is 5.01 Å². The average molecular weight is 582 g/mol. The van der Waals surface area contributed by atoms with Gasteiger partial charge in [0.05, 0.1) is 21.8 Å². The third-order valence-corrected chi connectivity index (χ3v) is 8.10. The predicted molar refractivity (Wildman–Crippen MR) is 151 cm³/mol. The molecule has 2 aromatic heterocycles. The van der Waals surface area contributed by atoms with Gasteiger partial charge in [0.1, 0.15) is 23.4 Å². The molecular formula is C29H29F2N5O4S. The highest BCUT2D eigenvalue weighted by Crippen LogP contribution is 2.26. The van der Waals surface area contributed by atoms with Crippen LogP contribution in [0.25, 0.3) is 21.1 Å². The molecule has 3 atom stereocenters. The standard InChI is InChI=1S/C29H29F2N5O4S/c1-14(2)9-22(35-28(40)23-13-17-18(31)11-16(30)12-20(17)33-23)27(39)34-21(10-15-7-8-32-26(15)38)25(37)29-36-19-5-3-4-6-24(19)41-29/h3-6,11-15,21-22,33H,7-10H2,1-2H3,(H,32,38)(H,34,39)(H,35,40)/t15?,21-,22-/m0/s1. The highest BCUT2D eigenvalue weighted by atomic mass is 32.1. The number of thiazole rings is 1. The van der Waals surface area contributed by atoms with Crippen molar-refractivity contribution in [3.05, 3.63) is 64.8 Å². The van der Waals surface area contributed by atoms with Crippen molar-refractivity contribution in [2.45, 2.75) is 45.2 Å². The molecule has 214 valence electrons. The van der Waals surface area contributed by atoms with E-state index in [4.69, 9.17) is 0 Å². The van der Waals surface area contributed by atoms with Gasteiger partial charge in [-0.1, -0.05) is 26.0 Å². The van der Waals surface area contributed by atoms with E-state index in [0.29, 0.717) is 18.5 Å². The Morgan fingerprint density at radius 3 is 2.59 bits per heavy atom. The van der Waals surface area contributed by atoms with Gasteiger partial charge in [0.2, 0.25) is 17.6 Å². The van der Waals surface area contributed by atoms with Gasteiger partial charge < -0.3 is 20.9 Å². The number of halogens is 2. The third-order valence-electron chi connectivity index (χ3n) is 7.05. The second kappa shape index (κ2) is 11.7. The molecule has 0 radical (unpaired) electrons. The van der Waals surface area contributed by atoms with Crippen LogP contribution in [0.5, 0.6) is 0 Å². The van der Waals surface area contributed by atoms with Crippen molar-refractivity contribution in [3.63, 3.8) is 0 Å². The molecule has 2 aromatic carbocycles. The van der Waals surface area contributed by atoms with Crippen molar-refractivity contribution in [3.8, 4) is 0 Å². The highest BCUT2D eigenvalue weighted by molar-refractivity contribution is 7.20. The summed E-state index contributed by atoms with van der Waals surface area (Å²) < 4.78 is 28.6. The van der Waals surface area contributed by atoms with Crippen LogP contribution >= 0.6 is 11.3 Å². The fourth-order valence-electron chi connectivity index (χ4n) is 5.01. The number of nitrogens with one attached hydrogen (secondary N) is 4. The van der Waals surface area contributed by atoms with E-state index in [1.165, 1.54) is 17.4 Å². The molecule has 1 fully saturated rings. The topological polar surface area (TPSA) is 133 Å². The molecule has 12 heteroatoms. The Labute approximate surface area is 238 Å². The molecule has 9 nitrogen and oxygen atoms in total. The van der Waals surface area contributed by atoms with Crippen LogP contribution < -0.4 is 16.0 Å². The number of fused-ring (bicyclic) bond motifs is 2. The van der Waals surface area contributed by atoms with Gasteiger partial charge in [-0.15, -0.1) is 11.3 Å². The van der Waals surface area contributed by atoms with Crippen molar-refractivity contribution < 1.29 is 28.0 Å². The number of aromatic amines is 1. The van der Waals surface area contributed by atoms with Crippen LogP contribution in [-0.2, 0) is 9.59 Å². The lowest BCUT2D eigenvalue weighted by molar-refractivity contribution is -0.125. The van der Waals surface area contributed by atoms with Crippen molar-refractivity contribution in [2.24, 2.45) is 11.8 Å². The number of H-pyrrole nitrogens is 1. The summed E-state index contributed by atoms with van der Waals surface area (Å²) in [6, 6.07) is 8.25. The van der Waals surface area contributed by atoms with Crippen molar-refractivity contribution in [1.29, 1.82) is 0 Å². The molecule has 0 spiro atoms. The molecule has 0 saturated carbocycles. The third kappa shape index (κ3) is 6.27. The first-order valence-electron chi connectivity index (χ1n) is 13.4. The number of rotatable bonds is 10. The number of ketones is 1. The number of hydrogen-bond donors (Lipinski definition) is 4. The monoisotopic (exact) mass is 581 g/mol. The molecule has 1 saturated heterocycles. The maximum absolute atomic E-state index is 14.2. The zero-order chi connectivity index (χ0) is 29.3. The quantitative estimate of drug-likeness (QED) is 0.210. The first kappa shape index (κ1) is 28.3. The molecule has 1 aliphatic heterocycles. The minimum Gasteiger partial charge on any atom is -0.356 e. The van der Waals surface area contributed by atoms with Crippen LogP contribution in [0, 0.1) is 23.5 Å². The van der Waals surface area contributed by atoms with E-state index in [0.717, 1.165) is 16.8 Å². The van der Waals surface area contributed by atoms with Gasteiger partial charge in [-0.3, -0.25) is 19.2 Å². The molecule has 3 amide bonds. The van der Waals surface area contributed by atoms with Crippen molar-refractivity contribution in [2.75, 3.05) is 6.54 Å². The highest BCUT2D eigenvalue weighted by Gasteiger charge is 2.35. The average Bonchev–Trinajstić information content (AvgIpc) is 3.65. The number of Topliss-reactive ketones (excluding diaryl/α,β-unsaturated/α-hetero) is 1. The molecule has 0 bridgehead atoms. The maximum Gasteiger partial charge on any atom is 0.268 e. The lowest BCUT2D eigenvalue weighted by Gasteiger charge is -2.24. The van der Waals surface area contributed by atoms with E-state index >= 15 is 0 Å². The summed E-state index contributed by atoms with van der Waals surface area (Å²) >= 11 is 1.21. The second-order valence-corrected chi connectivity index (χ2v) is 11.6. The Kier molecular flexibility index (Phi) is 8.11. The minimum atomic E-state index is -1.05. The van der Waals surface area contributed by atoms with Crippen LogP contribution in [-0.4, -0.2) is 52.1 Å². The molecule has 41 heavy (non-hydrogen) atoms. The summed E-state index contributed by atoms with van der Waals surface area (Å²) in [6.07, 6.45) is 0.857. The summed E-state index contributed by atoms with van der Waals surface area (Å²) in [7, 11) is 0. The Bertz CT molecular complexity index is 1620. The number of aromatic nitrogens is 2. The van der Waals surface area contributed by atoms with Gasteiger partial charge >= 0.3 is 0 Å². The van der Waals surface area contributed by atoms with Crippen LogP contribution in [0.1, 0.15) is 53.4 Å². The predicted octanol–water partition coefficient (Wildman–Crippen LogP) is 4.09. The van der Waals surface area contributed by atoms with Gasteiger partial charge in [0.25, 0.3) is 5.91 Å². The van der Waals surface area contributed by atoms with Crippen LogP contribution in [0.15, 0.2) is 42.5 Å².